The van der Waals surface area contributed by atoms with Gasteiger partial charge in [0.1, 0.15) is 0 Å². The predicted octanol–water partition coefficient (Wildman–Crippen LogP) is 7.27. The predicted molar refractivity (Wildman–Crippen MR) is 183 cm³/mol. The molecule has 46 heavy (non-hydrogen) atoms. The zero-order chi connectivity index (χ0) is 32.3. The molecule has 1 saturated heterocycles. The summed E-state index contributed by atoms with van der Waals surface area (Å²) in [7, 11) is 0. The van der Waals surface area contributed by atoms with Crippen LogP contribution in [0.3, 0.4) is 0 Å². The number of hydrogen-bond donors (Lipinski definition) is 2. The lowest BCUT2D eigenvalue weighted by Gasteiger charge is -2.40. The number of carbonyl (C=O) groups is 2. The maximum Gasteiger partial charge on any atom is 0.223 e. The first-order chi connectivity index (χ1) is 22.5. The summed E-state index contributed by atoms with van der Waals surface area (Å²) < 4.78 is 0. The third kappa shape index (κ3) is 9.11. The zero-order valence-corrected chi connectivity index (χ0v) is 28.1. The summed E-state index contributed by atoms with van der Waals surface area (Å²) in [5.41, 5.74) is 5.58. The van der Waals surface area contributed by atoms with Gasteiger partial charge in [-0.25, -0.2) is 10.7 Å². The van der Waals surface area contributed by atoms with Crippen LogP contribution in [0.15, 0.2) is 54.6 Å². The number of likely N-dealkylation sites (tertiary alicyclic amines) is 1. The molecule has 2 N–H and O–H groups in total. The number of benzene rings is 2. The molecule has 3 unspecified atom stereocenters. The number of anilines is 1. The number of rotatable bonds is 14. The van der Waals surface area contributed by atoms with E-state index in [4.69, 9.17) is 5.26 Å². The highest BCUT2D eigenvalue weighted by atomic mass is 17.2. The Morgan fingerprint density at radius 2 is 1.63 bits per heavy atom. The van der Waals surface area contributed by atoms with E-state index in [1.54, 1.807) is 6.92 Å². The number of nitrogens with zero attached hydrogens (tertiary/aromatic N) is 3. The van der Waals surface area contributed by atoms with Gasteiger partial charge in [0.15, 0.2) is 0 Å². The van der Waals surface area contributed by atoms with Gasteiger partial charge in [-0.1, -0.05) is 75.1 Å². The van der Waals surface area contributed by atoms with E-state index in [0.717, 1.165) is 83.1 Å². The molecule has 8 heteroatoms. The van der Waals surface area contributed by atoms with Gasteiger partial charge >= 0.3 is 0 Å². The summed E-state index contributed by atoms with van der Waals surface area (Å²) >= 11 is 0. The second-order valence-electron chi connectivity index (χ2n) is 14.0. The van der Waals surface area contributed by atoms with Crippen molar-refractivity contribution >= 4 is 17.5 Å². The minimum atomic E-state index is 0.252. The molecule has 2 aromatic rings. The quantitative estimate of drug-likeness (QED) is 0.168. The van der Waals surface area contributed by atoms with Crippen LogP contribution in [-0.2, 0) is 21.0 Å². The largest absolute Gasteiger partial charge is 0.340 e. The molecule has 0 bridgehead atoms. The van der Waals surface area contributed by atoms with Gasteiger partial charge in [0, 0.05) is 57.6 Å². The van der Waals surface area contributed by atoms with E-state index in [9.17, 15) is 9.59 Å². The summed E-state index contributed by atoms with van der Waals surface area (Å²) in [6.07, 6.45) is 13.6. The topological polar surface area (TPSA) is 85.3 Å². The van der Waals surface area contributed by atoms with E-state index in [1.165, 1.54) is 24.8 Å². The number of amides is 2. The van der Waals surface area contributed by atoms with Crippen molar-refractivity contribution in [2.45, 2.75) is 121 Å². The van der Waals surface area contributed by atoms with Gasteiger partial charge in [-0.15, -0.1) is 4.99 Å². The minimum absolute atomic E-state index is 0.252. The number of nitrogens with one attached hydrogen (secondary N) is 1. The molecule has 1 aliphatic heterocycles. The second-order valence-corrected chi connectivity index (χ2v) is 14.0. The van der Waals surface area contributed by atoms with Gasteiger partial charge in [0.05, 0.1) is 5.69 Å². The van der Waals surface area contributed by atoms with Crippen LogP contribution in [0.1, 0.15) is 108 Å². The first kappa shape index (κ1) is 34.4. The molecule has 0 spiro atoms. The molecule has 2 saturated carbocycles. The molecule has 2 aromatic carbocycles. The van der Waals surface area contributed by atoms with Gasteiger partial charge in [-0.2, -0.15) is 0 Å². The Labute approximate surface area is 276 Å². The van der Waals surface area contributed by atoms with E-state index in [-0.39, 0.29) is 11.8 Å². The Bertz CT molecular complexity index is 1210. The average molecular weight is 633 g/mol. The Kier molecular flexibility index (Phi) is 12.9. The summed E-state index contributed by atoms with van der Waals surface area (Å²) in [4.78, 5) is 37.7. The van der Waals surface area contributed by atoms with Crippen LogP contribution >= 0.6 is 0 Å². The molecule has 3 aliphatic rings. The standard InChI is InChI=1S/C38H56N4O4/c1-3-4-23-41(38(44)20-17-30-15-18-33(19-16-30)39-46-45)34-21-24-40(25-22-34)28-32-26-36(27-37(32)31-11-7-5-8-12-31)42(29(2)43)35-13-9-6-10-14-35/h5,7-8,11-12,15-16,18-19,32,34-37,39,45H,3-4,6,9-10,13-14,17,20-28H2,1-2H3. The van der Waals surface area contributed by atoms with Crippen molar-refractivity contribution in [3.63, 3.8) is 0 Å². The van der Waals surface area contributed by atoms with Crippen molar-refractivity contribution in [2.24, 2.45) is 5.92 Å². The van der Waals surface area contributed by atoms with Crippen LogP contribution in [0.4, 0.5) is 5.69 Å². The summed E-state index contributed by atoms with van der Waals surface area (Å²) in [6, 6.07) is 19.6. The van der Waals surface area contributed by atoms with Gasteiger partial charge in [-0.3, -0.25) is 9.59 Å². The van der Waals surface area contributed by atoms with Crippen LogP contribution in [-0.4, -0.2) is 76.1 Å². The first-order valence-corrected chi connectivity index (χ1v) is 18.0. The van der Waals surface area contributed by atoms with Crippen LogP contribution in [0.2, 0.25) is 0 Å². The van der Waals surface area contributed by atoms with E-state index in [2.05, 4.69) is 62.4 Å². The molecule has 2 amide bonds. The van der Waals surface area contributed by atoms with Gasteiger partial charge in [0.25, 0.3) is 0 Å². The van der Waals surface area contributed by atoms with Gasteiger partial charge in [-0.05, 0) is 86.5 Å². The number of carbonyl (C=O) groups excluding carboxylic acids is 2. The van der Waals surface area contributed by atoms with Crippen molar-refractivity contribution < 1.29 is 19.8 Å². The zero-order valence-electron chi connectivity index (χ0n) is 28.1. The molecule has 0 radical (unpaired) electrons. The van der Waals surface area contributed by atoms with Gasteiger partial charge < -0.3 is 14.7 Å². The molecular formula is C38H56N4O4. The van der Waals surface area contributed by atoms with Crippen LogP contribution in [0.5, 0.6) is 0 Å². The van der Waals surface area contributed by atoms with Crippen molar-refractivity contribution in [3.05, 3.63) is 65.7 Å². The lowest BCUT2D eigenvalue weighted by Crippen LogP contribution is -2.49. The Hall–Kier alpha value is -2.94. The third-order valence-corrected chi connectivity index (χ3v) is 10.9. The second kappa shape index (κ2) is 17.3. The van der Waals surface area contributed by atoms with Crippen LogP contribution < -0.4 is 5.48 Å². The van der Waals surface area contributed by atoms with E-state index >= 15 is 0 Å². The molecule has 0 aromatic heterocycles. The smallest absolute Gasteiger partial charge is 0.223 e. The van der Waals surface area contributed by atoms with Crippen LogP contribution in [0, 0.1) is 5.92 Å². The van der Waals surface area contributed by atoms with Crippen molar-refractivity contribution in [1.29, 1.82) is 0 Å². The molecule has 3 fully saturated rings. The Balaban J connectivity index is 1.19. The molecule has 2 aliphatic carbocycles. The normalized spacial score (nSPS) is 22.9. The van der Waals surface area contributed by atoms with Crippen molar-refractivity contribution in [2.75, 3.05) is 31.7 Å². The summed E-state index contributed by atoms with van der Waals surface area (Å²) in [5.74, 6) is 1.51. The average Bonchev–Trinajstić information content (AvgIpc) is 3.49. The molecule has 8 nitrogen and oxygen atoms in total. The number of piperidine rings is 1. The maximum atomic E-state index is 13.6. The summed E-state index contributed by atoms with van der Waals surface area (Å²) in [6.45, 7) is 7.91. The fourth-order valence-electron chi connectivity index (χ4n) is 8.58. The lowest BCUT2D eigenvalue weighted by molar-refractivity contribution is -0.215. The molecule has 1 heterocycles. The number of aryl methyl sites for hydroxylation is 1. The highest BCUT2D eigenvalue weighted by molar-refractivity contribution is 5.77. The van der Waals surface area contributed by atoms with E-state index in [1.807, 2.05) is 24.3 Å². The van der Waals surface area contributed by atoms with E-state index in [0.29, 0.717) is 48.5 Å². The number of unbranched alkanes of at least 4 members (excludes halogenated alkanes) is 1. The maximum absolute atomic E-state index is 13.6. The van der Waals surface area contributed by atoms with Crippen molar-refractivity contribution in [1.82, 2.24) is 14.7 Å². The lowest BCUT2D eigenvalue weighted by atomic mass is 9.88. The summed E-state index contributed by atoms with van der Waals surface area (Å²) in [5, 5.41) is 8.58. The fraction of sp³-hybridized carbons (Fsp3) is 0.632. The SMILES string of the molecule is CCCCN(C(=O)CCc1ccc(NOO)cc1)C1CCN(CC2CC(N(C(C)=O)C3CCCCC3)CC2c2ccccc2)CC1. The molecule has 5 rings (SSSR count). The highest BCUT2D eigenvalue weighted by Crippen LogP contribution is 2.44. The minimum Gasteiger partial charge on any atom is -0.340 e. The van der Waals surface area contributed by atoms with Gasteiger partial charge in [0.2, 0.25) is 11.8 Å². The fourth-order valence-corrected chi connectivity index (χ4v) is 8.58. The molecule has 252 valence electrons. The van der Waals surface area contributed by atoms with E-state index < -0.39 is 0 Å². The molecular weight excluding hydrogens is 576 g/mol. The number of hydrogen-bond acceptors (Lipinski definition) is 6. The Morgan fingerprint density at radius 3 is 2.28 bits per heavy atom. The highest BCUT2D eigenvalue weighted by Gasteiger charge is 2.42. The van der Waals surface area contributed by atoms with Crippen LogP contribution in [0.25, 0.3) is 0 Å². The third-order valence-electron chi connectivity index (χ3n) is 10.9. The Morgan fingerprint density at radius 1 is 0.913 bits per heavy atom. The first-order valence-electron chi connectivity index (χ1n) is 18.0. The molecule has 3 atom stereocenters. The monoisotopic (exact) mass is 632 g/mol. The van der Waals surface area contributed by atoms with Crippen molar-refractivity contribution in [3.8, 4) is 0 Å².